The van der Waals surface area contributed by atoms with Crippen molar-refractivity contribution < 1.29 is 0 Å². The third-order valence-electron chi connectivity index (χ3n) is 6.59. The maximum atomic E-state index is 2.43. The lowest BCUT2D eigenvalue weighted by atomic mass is 9.89. The van der Waals surface area contributed by atoms with E-state index in [2.05, 4.69) is 41.5 Å². The topological polar surface area (TPSA) is 0 Å². The first kappa shape index (κ1) is 24.3. The number of rotatable bonds is 4. The van der Waals surface area contributed by atoms with Gasteiger partial charge in [-0.3, -0.25) is 0 Å². The van der Waals surface area contributed by atoms with Crippen LogP contribution in [0.5, 0.6) is 0 Å². The molecular formula is C22H48. The molecule has 0 nitrogen and oxygen atoms in total. The summed E-state index contributed by atoms with van der Waals surface area (Å²) in [4.78, 5) is 0. The van der Waals surface area contributed by atoms with Crippen LogP contribution in [0.2, 0.25) is 0 Å². The summed E-state index contributed by atoms with van der Waals surface area (Å²) in [5.41, 5.74) is 0. The van der Waals surface area contributed by atoms with E-state index in [1.807, 2.05) is 0 Å². The molecule has 0 N–H and O–H groups in total. The summed E-state index contributed by atoms with van der Waals surface area (Å²) < 4.78 is 0. The van der Waals surface area contributed by atoms with Gasteiger partial charge >= 0.3 is 0 Å². The zero-order valence-corrected chi connectivity index (χ0v) is 15.1. The summed E-state index contributed by atoms with van der Waals surface area (Å²) in [5.74, 6) is 6.10. The molecule has 0 spiro atoms. The molecule has 2 saturated carbocycles. The van der Waals surface area contributed by atoms with Gasteiger partial charge in [0.1, 0.15) is 0 Å². The van der Waals surface area contributed by atoms with Crippen molar-refractivity contribution in [1.29, 1.82) is 0 Å². The highest BCUT2D eigenvalue weighted by atomic mass is 14.3. The van der Waals surface area contributed by atoms with E-state index in [-0.39, 0.29) is 14.9 Å². The average molecular weight is 313 g/mol. The van der Waals surface area contributed by atoms with Crippen LogP contribution in [0.3, 0.4) is 0 Å². The molecule has 6 unspecified atom stereocenters. The Bertz CT molecular complexity index is 214. The summed E-state index contributed by atoms with van der Waals surface area (Å²) in [7, 11) is 0. The molecule has 0 radical (unpaired) electrons. The van der Waals surface area contributed by atoms with E-state index < -0.39 is 0 Å². The number of hydrogen-bond acceptors (Lipinski definition) is 0. The summed E-state index contributed by atoms with van der Waals surface area (Å²) in [6.07, 6.45) is 11.6. The van der Waals surface area contributed by atoms with Crippen molar-refractivity contribution in [3.8, 4) is 0 Å². The molecule has 22 heavy (non-hydrogen) atoms. The Morgan fingerprint density at radius 1 is 0.591 bits per heavy atom. The lowest BCUT2D eigenvalue weighted by molar-refractivity contribution is 0.337. The molecule has 0 saturated heterocycles. The van der Waals surface area contributed by atoms with Gasteiger partial charge in [0.25, 0.3) is 0 Å². The summed E-state index contributed by atoms with van der Waals surface area (Å²) in [6.45, 7) is 14.3. The lowest BCUT2D eigenvalue weighted by Crippen LogP contribution is -2.08. The zero-order valence-electron chi connectivity index (χ0n) is 15.1. The van der Waals surface area contributed by atoms with Gasteiger partial charge in [-0.1, -0.05) is 94.9 Å². The van der Waals surface area contributed by atoms with Crippen LogP contribution in [0.1, 0.15) is 108 Å². The predicted octanol–water partition coefficient (Wildman–Crippen LogP) is 8.21. The lowest BCUT2D eigenvalue weighted by Gasteiger charge is -2.16. The highest BCUT2D eigenvalue weighted by Crippen LogP contribution is 2.39. The van der Waals surface area contributed by atoms with E-state index in [0.29, 0.717) is 0 Å². The monoisotopic (exact) mass is 312 g/mol. The molecule has 2 aliphatic carbocycles. The molecule has 0 bridgehead atoms. The molecule has 2 fully saturated rings. The molecule has 0 aromatic rings. The van der Waals surface area contributed by atoms with Gasteiger partial charge in [-0.2, -0.15) is 0 Å². The fourth-order valence-electron chi connectivity index (χ4n) is 4.49. The largest absolute Gasteiger partial charge is 0.0776 e. The Balaban J connectivity index is 0. The highest BCUT2D eigenvalue weighted by molar-refractivity contribution is 4.79. The minimum Gasteiger partial charge on any atom is -0.0776 e. The summed E-state index contributed by atoms with van der Waals surface area (Å²) in [6, 6.07) is 0. The quantitative estimate of drug-likeness (QED) is 0.490. The van der Waals surface area contributed by atoms with Crippen LogP contribution in [-0.4, -0.2) is 0 Å². The van der Waals surface area contributed by atoms with Gasteiger partial charge in [0.15, 0.2) is 0 Å². The van der Waals surface area contributed by atoms with Gasteiger partial charge in [-0.05, 0) is 48.3 Å². The first-order chi connectivity index (χ1) is 9.51. The summed E-state index contributed by atoms with van der Waals surface area (Å²) >= 11 is 0. The Morgan fingerprint density at radius 2 is 0.909 bits per heavy atom. The molecule has 136 valence electrons. The smallest absolute Gasteiger partial charge is 0.0386 e. The highest BCUT2D eigenvalue weighted by Gasteiger charge is 2.29. The van der Waals surface area contributed by atoms with Crippen LogP contribution in [0, 0.1) is 35.5 Å². The molecule has 2 rings (SSSR count). The second-order valence-electron chi connectivity index (χ2n) is 7.93. The van der Waals surface area contributed by atoms with Crippen LogP contribution < -0.4 is 0 Å². The van der Waals surface area contributed by atoms with E-state index in [4.69, 9.17) is 0 Å². The van der Waals surface area contributed by atoms with Crippen LogP contribution >= 0.6 is 0 Å². The van der Waals surface area contributed by atoms with Crippen LogP contribution in [-0.2, 0) is 0 Å². The van der Waals surface area contributed by atoms with Crippen LogP contribution in [0.25, 0.3) is 0 Å². The maximum Gasteiger partial charge on any atom is -0.0386 e. The van der Waals surface area contributed by atoms with Crippen molar-refractivity contribution in [3.63, 3.8) is 0 Å². The van der Waals surface area contributed by atoms with Gasteiger partial charge in [0.05, 0.1) is 0 Å². The maximum absolute atomic E-state index is 2.43. The Morgan fingerprint density at radius 3 is 1.09 bits per heavy atom. The van der Waals surface area contributed by atoms with Crippen molar-refractivity contribution in [1.82, 2.24) is 0 Å². The standard InChI is InChI=1S/2C10H20.2CH4/c2*1-4-5-10-7-6-8(2)9(10)3;;/h2*8-10H,4-7H2,1-3H3;2*1H4. The van der Waals surface area contributed by atoms with Crippen molar-refractivity contribution in [2.75, 3.05) is 0 Å². The summed E-state index contributed by atoms with van der Waals surface area (Å²) in [5, 5.41) is 0. The normalized spacial score (nSPS) is 36.8. The Labute approximate surface area is 143 Å². The van der Waals surface area contributed by atoms with E-state index in [1.54, 1.807) is 0 Å². The first-order valence-corrected chi connectivity index (χ1v) is 9.51. The second-order valence-corrected chi connectivity index (χ2v) is 7.93. The van der Waals surface area contributed by atoms with Crippen LogP contribution in [0.4, 0.5) is 0 Å². The van der Waals surface area contributed by atoms with Gasteiger partial charge < -0.3 is 0 Å². The fourth-order valence-corrected chi connectivity index (χ4v) is 4.49. The minimum atomic E-state index is 0. The molecule has 0 amide bonds. The molecule has 0 heterocycles. The van der Waals surface area contributed by atoms with Gasteiger partial charge in [-0.25, -0.2) is 0 Å². The van der Waals surface area contributed by atoms with E-state index in [9.17, 15) is 0 Å². The molecule has 2 aliphatic rings. The fraction of sp³-hybridized carbons (Fsp3) is 1.00. The second kappa shape index (κ2) is 12.4. The molecular weight excluding hydrogens is 264 g/mol. The minimum absolute atomic E-state index is 0. The zero-order chi connectivity index (χ0) is 15.1. The molecule has 0 aliphatic heterocycles. The first-order valence-electron chi connectivity index (χ1n) is 9.51. The van der Waals surface area contributed by atoms with E-state index in [0.717, 1.165) is 35.5 Å². The van der Waals surface area contributed by atoms with E-state index in [1.165, 1.54) is 51.4 Å². The molecule has 0 aromatic carbocycles. The average Bonchev–Trinajstić information content (AvgIpc) is 2.91. The van der Waals surface area contributed by atoms with Gasteiger partial charge in [-0.15, -0.1) is 0 Å². The molecule has 0 aromatic heterocycles. The van der Waals surface area contributed by atoms with Gasteiger partial charge in [0.2, 0.25) is 0 Å². The van der Waals surface area contributed by atoms with Gasteiger partial charge in [0, 0.05) is 0 Å². The molecule has 0 heteroatoms. The number of hydrogen-bond donors (Lipinski definition) is 0. The van der Waals surface area contributed by atoms with E-state index >= 15 is 0 Å². The van der Waals surface area contributed by atoms with Crippen LogP contribution in [0.15, 0.2) is 0 Å². The predicted molar refractivity (Wildman–Crippen MR) is 105 cm³/mol. The van der Waals surface area contributed by atoms with Crippen molar-refractivity contribution in [2.45, 2.75) is 108 Å². The SMILES string of the molecule is C.C.CCCC1CCC(C)C1C.CCCC1CCC(C)C1C. The van der Waals surface area contributed by atoms with Crippen molar-refractivity contribution >= 4 is 0 Å². The third kappa shape index (κ3) is 7.05. The molecule has 6 atom stereocenters. The Kier molecular flexibility index (Phi) is 13.7. The van der Waals surface area contributed by atoms with Crippen molar-refractivity contribution in [3.05, 3.63) is 0 Å². The van der Waals surface area contributed by atoms with Crippen molar-refractivity contribution in [2.24, 2.45) is 35.5 Å². The third-order valence-corrected chi connectivity index (χ3v) is 6.59. The Hall–Kier alpha value is 0.